The third-order valence-electron chi connectivity index (χ3n) is 4.89. The Morgan fingerprint density at radius 3 is 2.33 bits per heavy atom. The molecule has 1 aliphatic heterocycles. The second-order valence-electron chi connectivity index (χ2n) is 6.72. The van der Waals surface area contributed by atoms with Crippen LogP contribution in [0, 0.1) is 0 Å². The Bertz CT molecular complexity index is 528. The van der Waals surface area contributed by atoms with Gasteiger partial charge in [0, 0.05) is 18.2 Å². The van der Waals surface area contributed by atoms with E-state index in [1.165, 1.54) is 44.0 Å². The Morgan fingerprint density at radius 1 is 1.07 bits per heavy atom. The zero-order chi connectivity index (χ0) is 19.5. The number of nitrogens with one attached hydrogen (secondary N) is 1. The third kappa shape index (κ3) is 6.75. The van der Waals surface area contributed by atoms with Crippen LogP contribution in [0.5, 0.6) is 17.2 Å². The van der Waals surface area contributed by atoms with Gasteiger partial charge in [0.1, 0.15) is 0 Å². The lowest BCUT2D eigenvalue weighted by Crippen LogP contribution is -2.25. The Balaban J connectivity index is 1.77. The van der Waals surface area contributed by atoms with Crippen molar-refractivity contribution in [3.63, 3.8) is 0 Å². The lowest BCUT2D eigenvalue weighted by molar-refractivity contribution is 0.242. The number of hydrogen-bond donors (Lipinski definition) is 2. The minimum absolute atomic E-state index is 0.0191. The van der Waals surface area contributed by atoms with Crippen LogP contribution >= 0.6 is 11.8 Å². The summed E-state index contributed by atoms with van der Waals surface area (Å²) in [6, 6.07) is 3.63. The molecule has 1 unspecified atom stereocenters. The molecule has 2 N–H and O–H groups in total. The summed E-state index contributed by atoms with van der Waals surface area (Å²) >= 11 is 2.03. The lowest BCUT2D eigenvalue weighted by atomic mass is 10.1. The first-order valence-electron chi connectivity index (χ1n) is 9.67. The van der Waals surface area contributed by atoms with Crippen molar-refractivity contribution in [2.24, 2.45) is 0 Å². The largest absolute Gasteiger partial charge is 0.493 e. The lowest BCUT2D eigenvalue weighted by Gasteiger charge is -2.20. The van der Waals surface area contributed by atoms with Crippen molar-refractivity contribution >= 4 is 11.8 Å². The number of benzene rings is 1. The molecule has 0 aromatic heterocycles. The van der Waals surface area contributed by atoms with Gasteiger partial charge in [-0.2, -0.15) is 0 Å². The minimum atomic E-state index is -0.152. The number of aliphatic hydroxyl groups excluding tert-OH is 1. The van der Waals surface area contributed by atoms with Crippen LogP contribution in [0.25, 0.3) is 0 Å². The van der Waals surface area contributed by atoms with Crippen molar-refractivity contribution in [1.29, 1.82) is 0 Å². The summed E-state index contributed by atoms with van der Waals surface area (Å²) in [5, 5.41) is 13.3. The van der Waals surface area contributed by atoms with Gasteiger partial charge in [0.15, 0.2) is 11.5 Å². The number of hydrogen-bond acceptors (Lipinski definition) is 7. The van der Waals surface area contributed by atoms with Crippen LogP contribution in [0.4, 0.5) is 0 Å². The summed E-state index contributed by atoms with van der Waals surface area (Å²) in [5.74, 6) is 4.26. The van der Waals surface area contributed by atoms with Gasteiger partial charge in [0.05, 0.1) is 34.0 Å². The molecule has 0 amide bonds. The van der Waals surface area contributed by atoms with Gasteiger partial charge in [-0.15, -0.1) is 11.8 Å². The Labute approximate surface area is 167 Å². The molecule has 2 rings (SSSR count). The van der Waals surface area contributed by atoms with Gasteiger partial charge < -0.3 is 24.6 Å². The molecule has 1 fully saturated rings. The first-order chi connectivity index (χ1) is 13.2. The fourth-order valence-corrected chi connectivity index (χ4v) is 4.34. The number of rotatable bonds is 13. The minimum Gasteiger partial charge on any atom is -0.493 e. The first-order valence-corrected chi connectivity index (χ1v) is 10.8. The predicted molar refractivity (Wildman–Crippen MR) is 111 cm³/mol. The van der Waals surface area contributed by atoms with Crippen LogP contribution in [0.2, 0.25) is 0 Å². The second-order valence-corrected chi connectivity index (χ2v) is 7.79. The summed E-state index contributed by atoms with van der Waals surface area (Å²) in [4.78, 5) is 2.54. The fraction of sp³-hybridized carbons (Fsp3) is 0.700. The second kappa shape index (κ2) is 12.3. The van der Waals surface area contributed by atoms with E-state index < -0.39 is 0 Å². The quantitative estimate of drug-likeness (QED) is 0.495. The average Bonchev–Trinajstić information content (AvgIpc) is 3.22. The van der Waals surface area contributed by atoms with E-state index in [4.69, 9.17) is 14.2 Å². The normalized spacial score (nSPS) is 15.7. The van der Waals surface area contributed by atoms with E-state index in [1.54, 1.807) is 21.3 Å². The van der Waals surface area contributed by atoms with E-state index in [9.17, 15) is 5.11 Å². The van der Waals surface area contributed by atoms with Gasteiger partial charge in [0.2, 0.25) is 5.75 Å². The highest BCUT2D eigenvalue weighted by atomic mass is 32.2. The molecule has 1 saturated heterocycles. The van der Waals surface area contributed by atoms with Crippen molar-refractivity contribution < 1.29 is 19.3 Å². The number of aliphatic hydroxyl groups is 1. The predicted octanol–water partition coefficient (Wildman–Crippen LogP) is 2.90. The molecule has 1 aromatic carbocycles. The molecular weight excluding hydrogens is 364 g/mol. The van der Waals surface area contributed by atoms with Crippen molar-refractivity contribution in [2.45, 2.75) is 31.7 Å². The maximum Gasteiger partial charge on any atom is 0.203 e. The van der Waals surface area contributed by atoms with Gasteiger partial charge in [-0.25, -0.2) is 0 Å². The SMILES string of the molecule is COc1cc(C(CO)NCCCCCCN2CCSC2)cc(OC)c1OC. The number of ether oxygens (including phenoxy) is 3. The Hall–Kier alpha value is -1.15. The summed E-state index contributed by atoms with van der Waals surface area (Å²) < 4.78 is 16.2. The highest BCUT2D eigenvalue weighted by molar-refractivity contribution is 7.99. The van der Waals surface area contributed by atoms with Crippen LogP contribution in [0.1, 0.15) is 37.3 Å². The summed E-state index contributed by atoms with van der Waals surface area (Å²) in [7, 11) is 4.79. The molecule has 1 heterocycles. The highest BCUT2D eigenvalue weighted by Crippen LogP contribution is 2.39. The van der Waals surface area contributed by atoms with Gasteiger partial charge in [-0.3, -0.25) is 4.90 Å². The first kappa shape index (κ1) is 22.1. The van der Waals surface area contributed by atoms with E-state index in [2.05, 4.69) is 10.2 Å². The van der Waals surface area contributed by atoms with Gasteiger partial charge in [-0.1, -0.05) is 12.8 Å². The molecule has 0 aliphatic carbocycles. The molecule has 6 nitrogen and oxygen atoms in total. The fourth-order valence-electron chi connectivity index (χ4n) is 3.31. The molecule has 1 aliphatic rings. The number of unbranched alkanes of at least 4 members (excludes halogenated alkanes) is 3. The molecule has 0 bridgehead atoms. The smallest absolute Gasteiger partial charge is 0.203 e. The topological polar surface area (TPSA) is 63.2 Å². The molecule has 7 heteroatoms. The van der Waals surface area contributed by atoms with Crippen LogP contribution in [-0.4, -0.2) is 69.2 Å². The molecule has 154 valence electrons. The molecule has 27 heavy (non-hydrogen) atoms. The van der Waals surface area contributed by atoms with Crippen molar-refractivity contribution in [2.75, 3.05) is 59.2 Å². The number of nitrogens with zero attached hydrogens (tertiary/aromatic N) is 1. The molecule has 0 radical (unpaired) electrons. The standard InChI is InChI=1S/C20H34N2O4S/c1-24-18-12-16(13-19(25-2)20(18)26-3)17(14-23)21-8-6-4-5-7-9-22-10-11-27-15-22/h12-13,17,21,23H,4-11,14-15H2,1-3H3. The monoisotopic (exact) mass is 398 g/mol. The molecule has 1 atom stereocenters. The molecule has 0 spiro atoms. The third-order valence-corrected chi connectivity index (χ3v) is 5.91. The maximum atomic E-state index is 9.81. The van der Waals surface area contributed by atoms with Crippen molar-refractivity contribution in [3.8, 4) is 17.2 Å². The Kier molecular flexibility index (Phi) is 10.1. The van der Waals surface area contributed by atoms with Crippen LogP contribution in [0.15, 0.2) is 12.1 Å². The van der Waals surface area contributed by atoms with Crippen LogP contribution in [0.3, 0.4) is 0 Å². The molecule has 0 saturated carbocycles. The Morgan fingerprint density at radius 2 is 1.78 bits per heavy atom. The van der Waals surface area contributed by atoms with E-state index in [0.29, 0.717) is 17.2 Å². The van der Waals surface area contributed by atoms with E-state index in [0.717, 1.165) is 18.5 Å². The zero-order valence-corrected chi connectivity index (χ0v) is 17.6. The summed E-state index contributed by atoms with van der Waals surface area (Å²) in [6.45, 7) is 3.37. The number of methoxy groups -OCH3 is 3. The molecule has 1 aromatic rings. The highest BCUT2D eigenvalue weighted by Gasteiger charge is 2.18. The maximum absolute atomic E-state index is 9.81. The van der Waals surface area contributed by atoms with Crippen LogP contribution in [-0.2, 0) is 0 Å². The van der Waals surface area contributed by atoms with Gasteiger partial charge in [-0.05, 0) is 43.6 Å². The van der Waals surface area contributed by atoms with Crippen LogP contribution < -0.4 is 19.5 Å². The average molecular weight is 399 g/mol. The van der Waals surface area contributed by atoms with Crippen molar-refractivity contribution in [3.05, 3.63) is 17.7 Å². The molecular formula is C20H34N2O4S. The van der Waals surface area contributed by atoms with E-state index in [1.807, 2.05) is 23.9 Å². The number of thioether (sulfide) groups is 1. The summed E-state index contributed by atoms with van der Waals surface area (Å²) in [6.07, 6.45) is 4.85. The van der Waals surface area contributed by atoms with Crippen molar-refractivity contribution in [1.82, 2.24) is 10.2 Å². The van der Waals surface area contributed by atoms with E-state index >= 15 is 0 Å². The zero-order valence-electron chi connectivity index (χ0n) is 16.8. The van der Waals surface area contributed by atoms with Gasteiger partial charge in [0.25, 0.3) is 0 Å². The van der Waals surface area contributed by atoms with Gasteiger partial charge >= 0.3 is 0 Å². The summed E-state index contributed by atoms with van der Waals surface area (Å²) in [5.41, 5.74) is 0.929. The van der Waals surface area contributed by atoms with E-state index in [-0.39, 0.29) is 12.6 Å².